The lowest BCUT2D eigenvalue weighted by molar-refractivity contribution is -0.287. The van der Waals surface area contributed by atoms with Crippen molar-refractivity contribution in [1.29, 1.82) is 0 Å². The van der Waals surface area contributed by atoms with Crippen LogP contribution in [0.15, 0.2) is 60.7 Å². The van der Waals surface area contributed by atoms with E-state index in [0.29, 0.717) is 0 Å². The zero-order valence-corrected chi connectivity index (χ0v) is 13.3. The van der Waals surface area contributed by atoms with Crippen molar-refractivity contribution in [3.8, 4) is 0 Å². The summed E-state index contributed by atoms with van der Waals surface area (Å²) < 4.78 is 41.0. The van der Waals surface area contributed by atoms with E-state index in [0.717, 1.165) is 0 Å². The van der Waals surface area contributed by atoms with Crippen LogP contribution in [0.4, 0.5) is 18.0 Å². The van der Waals surface area contributed by atoms with Gasteiger partial charge in [0.15, 0.2) is 5.78 Å². The highest BCUT2D eigenvalue weighted by Crippen LogP contribution is 2.43. The predicted molar refractivity (Wildman–Crippen MR) is 86.1 cm³/mol. The van der Waals surface area contributed by atoms with Gasteiger partial charge in [-0.05, 0) is 5.56 Å². The van der Waals surface area contributed by atoms with Gasteiger partial charge < -0.3 is 15.7 Å². The lowest BCUT2D eigenvalue weighted by atomic mass is 9.77. The molecule has 0 saturated carbocycles. The molecule has 136 valence electrons. The average molecular weight is 364 g/mol. The molecular formula is C18H15F3N2O3. The van der Waals surface area contributed by atoms with E-state index in [4.69, 9.17) is 0 Å². The van der Waals surface area contributed by atoms with Gasteiger partial charge in [-0.1, -0.05) is 60.7 Å². The number of urea groups is 1. The zero-order valence-electron chi connectivity index (χ0n) is 13.3. The SMILES string of the molecule is O=C1N[C@H](c2ccccc2)[C@@H](C(=O)c2ccccc2)[C@@](O)(C(F)(F)F)N1. The van der Waals surface area contributed by atoms with Crippen LogP contribution < -0.4 is 10.6 Å². The molecule has 5 nitrogen and oxygen atoms in total. The molecule has 1 aliphatic rings. The molecule has 1 saturated heterocycles. The lowest BCUT2D eigenvalue weighted by Crippen LogP contribution is -2.72. The van der Waals surface area contributed by atoms with Crippen LogP contribution in [0, 0.1) is 5.92 Å². The first-order valence-electron chi connectivity index (χ1n) is 7.76. The number of rotatable bonds is 3. The number of hydrogen-bond acceptors (Lipinski definition) is 3. The van der Waals surface area contributed by atoms with Crippen LogP contribution in [0.1, 0.15) is 22.0 Å². The van der Waals surface area contributed by atoms with Gasteiger partial charge in [0.2, 0.25) is 5.72 Å². The molecule has 1 aliphatic heterocycles. The third-order valence-corrected chi connectivity index (χ3v) is 4.31. The number of aliphatic hydroxyl groups is 1. The Morgan fingerprint density at radius 1 is 1.00 bits per heavy atom. The Morgan fingerprint density at radius 3 is 2.08 bits per heavy atom. The molecule has 0 unspecified atom stereocenters. The normalized spacial score (nSPS) is 25.9. The second-order valence-electron chi connectivity index (χ2n) is 5.96. The van der Waals surface area contributed by atoms with E-state index >= 15 is 0 Å². The van der Waals surface area contributed by atoms with Gasteiger partial charge >= 0.3 is 12.2 Å². The second kappa shape index (κ2) is 6.45. The van der Waals surface area contributed by atoms with Crippen molar-refractivity contribution in [2.24, 2.45) is 5.92 Å². The van der Waals surface area contributed by atoms with E-state index in [-0.39, 0.29) is 11.1 Å². The van der Waals surface area contributed by atoms with Crippen LogP contribution in [0.3, 0.4) is 0 Å². The molecule has 3 N–H and O–H groups in total. The number of amides is 2. The van der Waals surface area contributed by atoms with E-state index in [9.17, 15) is 27.9 Å². The summed E-state index contributed by atoms with van der Waals surface area (Å²) in [5.74, 6) is -2.95. The highest BCUT2D eigenvalue weighted by Gasteiger charge is 2.66. The van der Waals surface area contributed by atoms with Crippen LogP contribution >= 0.6 is 0 Å². The van der Waals surface area contributed by atoms with Gasteiger partial charge in [-0.25, -0.2) is 4.79 Å². The minimum absolute atomic E-state index is 0.000875. The van der Waals surface area contributed by atoms with Crippen molar-refractivity contribution in [2.45, 2.75) is 17.9 Å². The van der Waals surface area contributed by atoms with E-state index in [2.05, 4.69) is 5.32 Å². The number of carbonyl (C=O) groups is 2. The Kier molecular flexibility index (Phi) is 4.45. The summed E-state index contributed by atoms with van der Waals surface area (Å²) in [4.78, 5) is 24.7. The number of carbonyl (C=O) groups excluding carboxylic acids is 2. The fourth-order valence-electron chi connectivity index (χ4n) is 3.06. The van der Waals surface area contributed by atoms with Crippen molar-refractivity contribution < 1.29 is 27.9 Å². The first-order valence-corrected chi connectivity index (χ1v) is 7.76. The fraction of sp³-hybridized carbons (Fsp3) is 0.222. The third-order valence-electron chi connectivity index (χ3n) is 4.31. The van der Waals surface area contributed by atoms with E-state index in [1.807, 2.05) is 0 Å². The molecule has 0 aliphatic carbocycles. The molecule has 0 radical (unpaired) electrons. The second-order valence-corrected chi connectivity index (χ2v) is 5.96. The summed E-state index contributed by atoms with van der Waals surface area (Å²) in [6, 6.07) is 12.5. The number of benzene rings is 2. The van der Waals surface area contributed by atoms with Gasteiger partial charge in [-0.3, -0.25) is 4.79 Å². The molecule has 1 heterocycles. The van der Waals surface area contributed by atoms with E-state index in [1.165, 1.54) is 41.7 Å². The molecule has 0 bridgehead atoms. The van der Waals surface area contributed by atoms with E-state index < -0.39 is 35.7 Å². The van der Waals surface area contributed by atoms with Gasteiger partial charge in [0.05, 0.1) is 6.04 Å². The molecule has 0 spiro atoms. The quantitative estimate of drug-likeness (QED) is 0.733. The van der Waals surface area contributed by atoms with Crippen molar-refractivity contribution in [3.05, 3.63) is 71.8 Å². The van der Waals surface area contributed by atoms with Crippen LogP contribution in [-0.2, 0) is 0 Å². The monoisotopic (exact) mass is 364 g/mol. The Hall–Kier alpha value is -2.87. The lowest BCUT2D eigenvalue weighted by Gasteiger charge is -2.45. The zero-order chi connectivity index (χ0) is 18.9. The molecule has 2 amide bonds. The number of Topliss-reactive ketones (excluding diaryl/α,β-unsaturated/α-hetero) is 1. The highest BCUT2D eigenvalue weighted by molar-refractivity contribution is 6.00. The largest absolute Gasteiger partial charge is 0.437 e. The van der Waals surface area contributed by atoms with Crippen molar-refractivity contribution in [3.63, 3.8) is 0 Å². The number of hydrogen-bond donors (Lipinski definition) is 3. The summed E-state index contributed by atoms with van der Waals surface area (Å²) in [5.41, 5.74) is -3.43. The van der Waals surface area contributed by atoms with Crippen LogP contribution in [0.2, 0.25) is 0 Å². The van der Waals surface area contributed by atoms with Crippen molar-refractivity contribution >= 4 is 11.8 Å². The number of alkyl halides is 3. The summed E-state index contributed by atoms with van der Waals surface area (Å²) in [5, 5.41) is 14.2. The number of ketones is 1. The predicted octanol–water partition coefficient (Wildman–Crippen LogP) is 2.79. The molecule has 3 rings (SSSR count). The van der Waals surface area contributed by atoms with Gasteiger partial charge in [-0.2, -0.15) is 13.2 Å². The maximum atomic E-state index is 13.7. The van der Waals surface area contributed by atoms with Crippen LogP contribution in [0.5, 0.6) is 0 Å². The Bertz CT molecular complexity index is 811. The Balaban J connectivity index is 2.15. The maximum Gasteiger partial charge on any atom is 0.437 e. The molecule has 3 atom stereocenters. The first-order chi connectivity index (χ1) is 12.2. The summed E-state index contributed by atoms with van der Waals surface area (Å²) in [7, 11) is 0. The number of halogens is 3. The van der Waals surface area contributed by atoms with Crippen molar-refractivity contribution in [1.82, 2.24) is 10.6 Å². The first kappa shape index (κ1) is 17.9. The standard InChI is InChI=1S/C18H15F3N2O3/c19-18(20,21)17(26)13(15(24)12-9-5-2-6-10-12)14(22-16(25)23-17)11-7-3-1-4-8-11/h1-10,13-14,26H,(H2,22,23,25)/t13-,14+,17+/m0/s1. The summed E-state index contributed by atoms with van der Waals surface area (Å²) in [6.45, 7) is 0. The van der Waals surface area contributed by atoms with Gasteiger partial charge in [0, 0.05) is 5.56 Å². The number of nitrogens with one attached hydrogen (secondary N) is 2. The molecular weight excluding hydrogens is 349 g/mol. The molecule has 1 fully saturated rings. The molecule has 2 aromatic rings. The highest BCUT2D eigenvalue weighted by atomic mass is 19.4. The molecule has 2 aromatic carbocycles. The topological polar surface area (TPSA) is 78.4 Å². The third kappa shape index (κ3) is 3.03. The smallest absolute Gasteiger partial charge is 0.363 e. The minimum atomic E-state index is -5.26. The molecule has 26 heavy (non-hydrogen) atoms. The van der Waals surface area contributed by atoms with Crippen LogP contribution in [0.25, 0.3) is 0 Å². The Morgan fingerprint density at radius 2 is 1.54 bits per heavy atom. The van der Waals surface area contributed by atoms with Crippen molar-refractivity contribution in [2.75, 3.05) is 0 Å². The fourth-order valence-corrected chi connectivity index (χ4v) is 3.06. The van der Waals surface area contributed by atoms with Gasteiger partial charge in [0.25, 0.3) is 0 Å². The molecule has 8 heteroatoms. The summed E-state index contributed by atoms with van der Waals surface area (Å²) >= 11 is 0. The minimum Gasteiger partial charge on any atom is -0.363 e. The average Bonchev–Trinajstić information content (AvgIpc) is 2.61. The van der Waals surface area contributed by atoms with Gasteiger partial charge in [-0.15, -0.1) is 0 Å². The summed E-state index contributed by atoms with van der Waals surface area (Å²) in [6.07, 6.45) is -5.26. The molecule has 0 aromatic heterocycles. The van der Waals surface area contributed by atoms with E-state index in [1.54, 1.807) is 24.3 Å². The maximum absolute atomic E-state index is 13.7. The van der Waals surface area contributed by atoms with Gasteiger partial charge in [0.1, 0.15) is 5.92 Å². The van der Waals surface area contributed by atoms with Crippen LogP contribution in [-0.4, -0.2) is 28.8 Å². The Labute approximate surface area is 146 Å².